The Morgan fingerprint density at radius 1 is 1.23 bits per heavy atom. The fourth-order valence-electron chi connectivity index (χ4n) is 4.79. The second-order valence-electron chi connectivity index (χ2n) is 9.57. The Labute approximate surface area is 225 Å². The Bertz CT molecular complexity index is 1770. The molecule has 6 heterocycles. The Hall–Kier alpha value is -4.52. The van der Waals surface area contributed by atoms with Gasteiger partial charge in [0.2, 0.25) is 0 Å². The van der Waals surface area contributed by atoms with E-state index < -0.39 is 11.7 Å². The minimum atomic E-state index is -0.603. The third-order valence-electron chi connectivity index (χ3n) is 6.88. The number of halogens is 2. The number of ether oxygens (including phenoxy) is 1. The van der Waals surface area contributed by atoms with Crippen LogP contribution in [0.1, 0.15) is 46.2 Å². The van der Waals surface area contributed by atoms with Gasteiger partial charge in [0.25, 0.3) is 5.91 Å². The van der Waals surface area contributed by atoms with E-state index in [1.807, 2.05) is 22.9 Å². The summed E-state index contributed by atoms with van der Waals surface area (Å²) >= 11 is 5.89. The lowest BCUT2D eigenvalue weighted by molar-refractivity contribution is 0.0945. The van der Waals surface area contributed by atoms with Gasteiger partial charge < -0.3 is 18.9 Å². The van der Waals surface area contributed by atoms with E-state index in [4.69, 9.17) is 21.3 Å². The number of rotatable bonds is 7. The molecule has 198 valence electrons. The molecule has 14 heteroatoms. The Balaban J connectivity index is 1.09. The van der Waals surface area contributed by atoms with E-state index in [2.05, 4.69) is 20.6 Å². The highest BCUT2D eigenvalue weighted by atomic mass is 35.5. The van der Waals surface area contributed by atoms with Gasteiger partial charge in [-0.25, -0.2) is 23.8 Å². The van der Waals surface area contributed by atoms with Crippen molar-refractivity contribution in [1.82, 2.24) is 39.1 Å². The molecule has 1 N–H and O–H groups in total. The van der Waals surface area contributed by atoms with Gasteiger partial charge in [-0.2, -0.15) is 0 Å². The van der Waals surface area contributed by atoms with Crippen LogP contribution >= 0.6 is 11.6 Å². The van der Waals surface area contributed by atoms with Gasteiger partial charge in [-0.3, -0.25) is 9.69 Å². The summed E-state index contributed by atoms with van der Waals surface area (Å²) in [4.78, 5) is 35.5. The third-order valence-corrected chi connectivity index (χ3v) is 7.18. The number of amides is 2. The first kappa shape index (κ1) is 23.6. The monoisotopic (exact) mass is 549 g/mol. The van der Waals surface area contributed by atoms with E-state index in [1.54, 1.807) is 11.1 Å². The van der Waals surface area contributed by atoms with Gasteiger partial charge in [-0.15, -0.1) is 5.10 Å². The Morgan fingerprint density at radius 3 is 2.90 bits per heavy atom. The second-order valence-corrected chi connectivity index (χ2v) is 9.98. The predicted molar refractivity (Wildman–Crippen MR) is 136 cm³/mol. The van der Waals surface area contributed by atoms with E-state index in [1.165, 1.54) is 27.7 Å². The fraction of sp³-hybridized carbons (Fsp3) is 0.280. The zero-order chi connectivity index (χ0) is 26.7. The maximum atomic E-state index is 14.5. The molecule has 2 amide bonds. The van der Waals surface area contributed by atoms with Gasteiger partial charge in [0.1, 0.15) is 12.1 Å². The largest absolute Gasteiger partial charge is 0.447 e. The van der Waals surface area contributed by atoms with Crippen LogP contribution in [-0.2, 0) is 17.8 Å². The van der Waals surface area contributed by atoms with Crippen LogP contribution in [0.4, 0.5) is 14.9 Å². The number of nitrogens with zero attached hydrogens (tertiary/aromatic N) is 8. The zero-order valence-electron chi connectivity index (χ0n) is 20.4. The molecule has 1 saturated heterocycles. The summed E-state index contributed by atoms with van der Waals surface area (Å²) in [5.74, 6) is -0.597. The molecule has 5 aromatic heterocycles. The molecule has 0 bridgehead atoms. The van der Waals surface area contributed by atoms with E-state index >= 15 is 0 Å². The average molecular weight is 550 g/mol. The van der Waals surface area contributed by atoms with Gasteiger partial charge in [0.05, 0.1) is 54.3 Å². The highest BCUT2D eigenvalue weighted by molar-refractivity contribution is 6.31. The summed E-state index contributed by atoms with van der Waals surface area (Å²) in [6, 6.07) is 3.46. The topological polar surface area (TPSA) is 124 Å². The van der Waals surface area contributed by atoms with Crippen molar-refractivity contribution in [2.45, 2.75) is 31.8 Å². The molecule has 0 radical (unpaired) electrons. The number of pyridine rings is 2. The van der Waals surface area contributed by atoms with Gasteiger partial charge in [0, 0.05) is 18.6 Å². The molecule has 1 saturated carbocycles. The number of fused-ring (bicyclic) bond motifs is 2. The highest BCUT2D eigenvalue weighted by Crippen LogP contribution is 2.42. The minimum absolute atomic E-state index is 0.0169. The van der Waals surface area contributed by atoms with Crippen LogP contribution in [0, 0.1) is 5.82 Å². The number of hydrogen-bond acceptors (Lipinski definition) is 7. The van der Waals surface area contributed by atoms with Gasteiger partial charge in [-0.1, -0.05) is 16.8 Å². The van der Waals surface area contributed by atoms with Crippen molar-refractivity contribution in [1.29, 1.82) is 0 Å². The van der Waals surface area contributed by atoms with E-state index in [0.717, 1.165) is 24.1 Å². The molecule has 2 aliphatic rings. The lowest BCUT2D eigenvalue weighted by Gasteiger charge is -2.15. The maximum absolute atomic E-state index is 14.5. The van der Waals surface area contributed by atoms with E-state index in [9.17, 15) is 14.0 Å². The second kappa shape index (κ2) is 9.05. The highest BCUT2D eigenvalue weighted by Gasteiger charge is 2.30. The molecule has 7 rings (SSSR count). The van der Waals surface area contributed by atoms with Crippen molar-refractivity contribution >= 4 is 40.5 Å². The van der Waals surface area contributed by atoms with Crippen LogP contribution in [0.15, 0.2) is 43.2 Å². The van der Waals surface area contributed by atoms with Crippen molar-refractivity contribution in [3.63, 3.8) is 0 Å². The number of carbonyl (C=O) groups is 2. The maximum Gasteiger partial charge on any atom is 0.414 e. The first-order valence-electron chi connectivity index (χ1n) is 12.4. The predicted octanol–water partition coefficient (Wildman–Crippen LogP) is 3.18. The molecular formula is C25H21ClFN9O3. The zero-order valence-corrected chi connectivity index (χ0v) is 21.2. The molecule has 0 unspecified atom stereocenters. The summed E-state index contributed by atoms with van der Waals surface area (Å²) in [6.45, 7) is 1.06. The van der Waals surface area contributed by atoms with Gasteiger partial charge >= 0.3 is 6.09 Å². The van der Waals surface area contributed by atoms with Crippen LogP contribution in [-0.4, -0.2) is 58.9 Å². The number of imidazole rings is 2. The fourth-order valence-corrected chi connectivity index (χ4v) is 4.94. The minimum Gasteiger partial charge on any atom is -0.447 e. The molecule has 5 aromatic rings. The number of carbonyl (C=O) groups excluding carboxylic acids is 2. The Kier molecular flexibility index (Phi) is 5.47. The van der Waals surface area contributed by atoms with Crippen LogP contribution in [0.25, 0.3) is 11.2 Å². The van der Waals surface area contributed by atoms with Crippen LogP contribution in [0.3, 0.4) is 0 Å². The van der Waals surface area contributed by atoms with Crippen molar-refractivity contribution in [2.24, 2.45) is 0 Å². The normalized spacial score (nSPS) is 15.4. The molecule has 39 heavy (non-hydrogen) atoms. The van der Waals surface area contributed by atoms with Gasteiger partial charge in [0.15, 0.2) is 17.2 Å². The number of aromatic nitrogens is 7. The van der Waals surface area contributed by atoms with Crippen LogP contribution in [0.2, 0.25) is 5.02 Å². The SMILES string of the molecule is O=C(NCc1ncn2ccc(Cl)c(F)c12)c1cn(Cc2cn3cc(C4CC4)cc(N4CCOC4=O)c3n2)nn1. The Morgan fingerprint density at radius 2 is 2.10 bits per heavy atom. The van der Waals surface area contributed by atoms with Crippen molar-refractivity contribution in [3.8, 4) is 0 Å². The number of anilines is 1. The van der Waals surface area contributed by atoms with Crippen LogP contribution in [0.5, 0.6) is 0 Å². The van der Waals surface area contributed by atoms with Crippen molar-refractivity contribution in [2.75, 3.05) is 18.1 Å². The van der Waals surface area contributed by atoms with Crippen molar-refractivity contribution < 1.29 is 18.7 Å². The lowest BCUT2D eigenvalue weighted by atomic mass is 10.1. The smallest absolute Gasteiger partial charge is 0.414 e. The molecule has 0 aromatic carbocycles. The summed E-state index contributed by atoms with van der Waals surface area (Å²) in [5.41, 5.74) is 3.84. The van der Waals surface area contributed by atoms with Crippen molar-refractivity contribution in [3.05, 3.63) is 76.7 Å². The third kappa shape index (κ3) is 4.24. The standard InChI is InChI=1S/C25H21ClFN9O3/c26-17-3-4-33-13-29-18(22(33)21(17)27)8-28-24(37)19-12-35(32-31-19)11-16-10-34-9-15(14-1-2-14)7-20(23(34)30-16)36-5-6-39-25(36)38/h3-4,7,9-10,12-14H,1-2,5-6,8,11H2,(H,28,37). The van der Waals surface area contributed by atoms with E-state index in [0.29, 0.717) is 36.1 Å². The molecule has 0 spiro atoms. The number of cyclic esters (lactones) is 1. The first-order valence-corrected chi connectivity index (χ1v) is 12.8. The van der Waals surface area contributed by atoms with Crippen LogP contribution < -0.4 is 10.2 Å². The lowest BCUT2D eigenvalue weighted by Crippen LogP contribution is -2.24. The molecule has 0 atom stereocenters. The van der Waals surface area contributed by atoms with Gasteiger partial charge in [-0.05, 0) is 36.5 Å². The number of hydrogen-bond donors (Lipinski definition) is 1. The quantitative estimate of drug-likeness (QED) is 0.331. The summed E-state index contributed by atoms with van der Waals surface area (Å²) in [5, 5.41) is 10.7. The van der Waals surface area contributed by atoms with E-state index in [-0.39, 0.29) is 35.4 Å². The summed E-state index contributed by atoms with van der Waals surface area (Å²) in [6.07, 6.45) is 10.4. The molecule has 12 nitrogen and oxygen atoms in total. The average Bonchev–Trinajstić information content (AvgIpc) is 3.26. The molecule has 1 aliphatic heterocycles. The first-order chi connectivity index (χ1) is 18.9. The summed E-state index contributed by atoms with van der Waals surface area (Å²) in [7, 11) is 0. The molecule has 2 fully saturated rings. The molecular weight excluding hydrogens is 529 g/mol. The summed E-state index contributed by atoms with van der Waals surface area (Å²) < 4.78 is 24.5. The molecule has 1 aliphatic carbocycles. The number of nitrogens with one attached hydrogen (secondary N) is 1.